The van der Waals surface area contributed by atoms with E-state index in [1.165, 1.54) is 0 Å². The maximum absolute atomic E-state index is 5.58. The molecular formula is C6H16N2. The summed E-state index contributed by atoms with van der Waals surface area (Å²) in [5.41, 5.74) is 5.58. The van der Waals surface area contributed by atoms with Gasteiger partial charge in [0.15, 0.2) is 0 Å². The van der Waals surface area contributed by atoms with Crippen LogP contribution in [0.1, 0.15) is 20.8 Å². The van der Waals surface area contributed by atoms with Crippen molar-refractivity contribution in [3.8, 4) is 0 Å². The van der Waals surface area contributed by atoms with E-state index in [9.17, 15) is 0 Å². The molecule has 1 unspecified atom stereocenters. The van der Waals surface area contributed by atoms with Crippen LogP contribution in [0.3, 0.4) is 0 Å². The zero-order valence-electron chi connectivity index (χ0n) is 6.02. The van der Waals surface area contributed by atoms with E-state index < -0.39 is 0 Å². The summed E-state index contributed by atoms with van der Waals surface area (Å²) in [4.78, 5) is 2.19. The lowest BCUT2D eigenvalue weighted by molar-refractivity contribution is 0.236. The normalized spacial score (nSPS) is 14.6. The summed E-state index contributed by atoms with van der Waals surface area (Å²) in [6.07, 6.45) is 0.213. The molecule has 0 bridgehead atoms. The smallest absolute Gasteiger partial charge is 0.0542 e. The van der Waals surface area contributed by atoms with Gasteiger partial charge in [0.25, 0.3) is 0 Å². The van der Waals surface area contributed by atoms with Gasteiger partial charge in [0.1, 0.15) is 0 Å². The van der Waals surface area contributed by atoms with Crippen LogP contribution in [0.25, 0.3) is 0 Å². The Bertz CT molecular complexity index is 48.5. The van der Waals surface area contributed by atoms with Gasteiger partial charge in [-0.1, -0.05) is 13.8 Å². The Labute approximate surface area is 51.7 Å². The fourth-order valence-corrected chi connectivity index (χ4v) is 0.800. The molecule has 50 valence electrons. The minimum Gasteiger partial charge on any atom is -0.316 e. The Morgan fingerprint density at radius 2 is 1.75 bits per heavy atom. The van der Waals surface area contributed by atoms with E-state index in [-0.39, 0.29) is 6.17 Å². The van der Waals surface area contributed by atoms with Gasteiger partial charge in [-0.2, -0.15) is 0 Å². The molecule has 0 rings (SSSR count). The van der Waals surface area contributed by atoms with Gasteiger partial charge in [0, 0.05) is 0 Å². The molecule has 2 heteroatoms. The lowest BCUT2D eigenvalue weighted by Crippen LogP contribution is -2.39. The lowest BCUT2D eigenvalue weighted by atomic mass is 10.4. The predicted octanol–water partition coefficient (Wildman–Crippen LogP) is 0.633. The molecule has 0 spiro atoms. The van der Waals surface area contributed by atoms with Crippen LogP contribution in [0.4, 0.5) is 0 Å². The summed E-state index contributed by atoms with van der Waals surface area (Å²) in [6, 6.07) is 0. The van der Waals surface area contributed by atoms with Gasteiger partial charge in [-0.3, -0.25) is 4.90 Å². The fourth-order valence-electron chi connectivity index (χ4n) is 0.800. The molecule has 0 radical (unpaired) electrons. The molecule has 2 nitrogen and oxygen atoms in total. The third kappa shape index (κ3) is 2.28. The summed E-state index contributed by atoms with van der Waals surface area (Å²) in [6.45, 7) is 8.34. The summed E-state index contributed by atoms with van der Waals surface area (Å²) >= 11 is 0. The second-order valence-electron chi connectivity index (χ2n) is 1.96. The number of hydrogen-bond acceptors (Lipinski definition) is 2. The van der Waals surface area contributed by atoms with Crippen molar-refractivity contribution >= 4 is 0 Å². The lowest BCUT2D eigenvalue weighted by Gasteiger charge is -2.21. The van der Waals surface area contributed by atoms with Crippen LogP contribution in [0.5, 0.6) is 0 Å². The molecule has 1 atom stereocenters. The third-order valence-corrected chi connectivity index (χ3v) is 1.39. The molecule has 0 aliphatic heterocycles. The van der Waals surface area contributed by atoms with Gasteiger partial charge in [0.05, 0.1) is 6.17 Å². The number of nitrogens with two attached hydrogens (primary N) is 1. The first kappa shape index (κ1) is 7.92. The highest BCUT2D eigenvalue weighted by atomic mass is 15.2. The fraction of sp³-hybridized carbons (Fsp3) is 1.00. The molecule has 0 saturated heterocycles. The largest absolute Gasteiger partial charge is 0.316 e. The molecule has 8 heavy (non-hydrogen) atoms. The molecule has 0 aliphatic rings. The van der Waals surface area contributed by atoms with E-state index in [2.05, 4.69) is 18.7 Å². The maximum Gasteiger partial charge on any atom is 0.0542 e. The highest BCUT2D eigenvalue weighted by molar-refractivity contribution is 4.54. The molecular weight excluding hydrogens is 100 g/mol. The summed E-state index contributed by atoms with van der Waals surface area (Å²) in [5, 5.41) is 0. The Morgan fingerprint density at radius 3 is 1.75 bits per heavy atom. The minimum atomic E-state index is 0.213. The summed E-state index contributed by atoms with van der Waals surface area (Å²) in [5.74, 6) is 0. The van der Waals surface area contributed by atoms with Gasteiger partial charge in [-0.05, 0) is 20.0 Å². The van der Waals surface area contributed by atoms with Crippen molar-refractivity contribution in [1.82, 2.24) is 4.90 Å². The van der Waals surface area contributed by atoms with Crippen molar-refractivity contribution in [1.29, 1.82) is 0 Å². The van der Waals surface area contributed by atoms with Gasteiger partial charge in [0.2, 0.25) is 0 Å². The molecule has 0 heterocycles. The third-order valence-electron chi connectivity index (χ3n) is 1.39. The van der Waals surface area contributed by atoms with Crippen molar-refractivity contribution in [2.75, 3.05) is 13.1 Å². The zero-order valence-corrected chi connectivity index (χ0v) is 6.02. The van der Waals surface area contributed by atoms with E-state index in [0.29, 0.717) is 0 Å². The van der Waals surface area contributed by atoms with Gasteiger partial charge in [-0.15, -0.1) is 0 Å². The van der Waals surface area contributed by atoms with Crippen LogP contribution >= 0.6 is 0 Å². The second kappa shape index (κ2) is 3.87. The first-order valence-corrected chi connectivity index (χ1v) is 3.22. The Balaban J connectivity index is 3.35. The van der Waals surface area contributed by atoms with Crippen LogP contribution in [-0.2, 0) is 0 Å². The molecule has 0 saturated carbocycles. The Hall–Kier alpha value is -0.0800. The maximum atomic E-state index is 5.58. The summed E-state index contributed by atoms with van der Waals surface area (Å²) in [7, 11) is 0. The first-order valence-electron chi connectivity index (χ1n) is 3.22. The van der Waals surface area contributed by atoms with Crippen LogP contribution in [0, 0.1) is 0 Å². The quantitative estimate of drug-likeness (QED) is 0.548. The van der Waals surface area contributed by atoms with Crippen molar-refractivity contribution in [2.45, 2.75) is 26.9 Å². The molecule has 0 aliphatic carbocycles. The summed E-state index contributed by atoms with van der Waals surface area (Å²) < 4.78 is 0. The number of hydrogen-bond donors (Lipinski definition) is 1. The average molecular weight is 116 g/mol. The Kier molecular flexibility index (Phi) is 3.83. The van der Waals surface area contributed by atoms with Crippen molar-refractivity contribution < 1.29 is 0 Å². The first-order chi connectivity index (χ1) is 3.72. The van der Waals surface area contributed by atoms with Crippen molar-refractivity contribution in [3.63, 3.8) is 0 Å². The number of rotatable bonds is 3. The molecule has 0 fully saturated rings. The average Bonchev–Trinajstić information content (AvgIpc) is 1.69. The highest BCUT2D eigenvalue weighted by Gasteiger charge is 2.01. The Morgan fingerprint density at radius 1 is 1.38 bits per heavy atom. The van der Waals surface area contributed by atoms with Crippen LogP contribution in [-0.4, -0.2) is 24.2 Å². The molecule has 0 aromatic carbocycles. The predicted molar refractivity (Wildman–Crippen MR) is 36.6 cm³/mol. The van der Waals surface area contributed by atoms with Crippen molar-refractivity contribution in [2.24, 2.45) is 5.73 Å². The topological polar surface area (TPSA) is 29.3 Å². The molecule has 0 amide bonds. The van der Waals surface area contributed by atoms with Crippen LogP contribution < -0.4 is 5.73 Å². The van der Waals surface area contributed by atoms with Gasteiger partial charge < -0.3 is 5.73 Å². The second-order valence-corrected chi connectivity index (χ2v) is 1.96. The van der Waals surface area contributed by atoms with Gasteiger partial charge in [-0.25, -0.2) is 0 Å². The zero-order chi connectivity index (χ0) is 6.57. The van der Waals surface area contributed by atoms with E-state index >= 15 is 0 Å². The minimum absolute atomic E-state index is 0.213. The SMILES string of the molecule is CCN(CC)C(C)N. The van der Waals surface area contributed by atoms with E-state index in [1.54, 1.807) is 0 Å². The van der Waals surface area contributed by atoms with Gasteiger partial charge >= 0.3 is 0 Å². The van der Waals surface area contributed by atoms with E-state index in [4.69, 9.17) is 5.73 Å². The standard InChI is InChI=1S/C6H16N2/c1-4-8(5-2)6(3)7/h6H,4-5,7H2,1-3H3. The molecule has 0 aromatic heterocycles. The highest BCUT2D eigenvalue weighted by Crippen LogP contribution is 1.88. The van der Waals surface area contributed by atoms with E-state index in [1.807, 2.05) is 6.92 Å². The van der Waals surface area contributed by atoms with Crippen LogP contribution in [0.2, 0.25) is 0 Å². The van der Waals surface area contributed by atoms with E-state index in [0.717, 1.165) is 13.1 Å². The molecule has 2 N–H and O–H groups in total. The molecule has 0 aromatic rings. The van der Waals surface area contributed by atoms with Crippen molar-refractivity contribution in [3.05, 3.63) is 0 Å². The number of nitrogens with zero attached hydrogens (tertiary/aromatic N) is 1. The van der Waals surface area contributed by atoms with Crippen LogP contribution in [0.15, 0.2) is 0 Å². The monoisotopic (exact) mass is 116 g/mol.